The molecule has 2 aromatic carbocycles. The van der Waals surface area contributed by atoms with Crippen molar-refractivity contribution >= 4 is 83.0 Å². The molecule has 5 aromatic rings. The average Bonchev–Trinajstić information content (AvgIpc) is 3.56. The molecular formula is C40H49ClFN6NaO3S2Si. The molecule has 1 saturated heterocycles. The molecule has 2 atom stereocenters. The van der Waals surface area contributed by atoms with Gasteiger partial charge in [-0.05, 0) is 88.0 Å². The molecule has 0 bridgehead atoms. The van der Waals surface area contributed by atoms with Crippen molar-refractivity contribution in [3.63, 3.8) is 0 Å². The van der Waals surface area contributed by atoms with E-state index < -0.39 is 19.7 Å². The third-order valence-corrected chi connectivity index (χ3v) is 15.9. The van der Waals surface area contributed by atoms with E-state index in [2.05, 4.69) is 57.5 Å². The molecule has 9 nitrogen and oxygen atoms in total. The number of ether oxygens (including phenoxy) is 1. The SMILES string of the molecule is CSc1nc2c(F)c(-c3nccc4cccc(C#N)c34)c(Cl)cc2c2c1cnn2[C@H]1CCN(C(=O)OC(C)(C)C)[C@H](CCO[Si](C)(C)C(C)(C)C)C1.C[S-].[Na+]. The van der Waals surface area contributed by atoms with Gasteiger partial charge in [-0.15, -0.1) is 11.8 Å². The van der Waals surface area contributed by atoms with Crippen molar-refractivity contribution in [3.8, 4) is 17.3 Å². The number of hydrogen-bond donors (Lipinski definition) is 0. The summed E-state index contributed by atoms with van der Waals surface area (Å²) in [5, 5.41) is 18.3. The van der Waals surface area contributed by atoms with Crippen LogP contribution >= 0.6 is 23.4 Å². The molecule has 0 aliphatic carbocycles. The zero-order chi connectivity index (χ0) is 39.7. The molecule has 1 fully saturated rings. The first kappa shape index (κ1) is 45.3. The second-order valence-corrected chi connectivity index (χ2v) is 22.0. The molecule has 1 aliphatic heterocycles. The summed E-state index contributed by atoms with van der Waals surface area (Å²) in [5.74, 6) is -0.611. The number of benzene rings is 2. The second-order valence-electron chi connectivity index (χ2n) is 16.0. The Morgan fingerprint density at radius 1 is 1.16 bits per heavy atom. The molecule has 0 saturated carbocycles. The number of piperidine rings is 1. The third kappa shape index (κ3) is 9.33. The summed E-state index contributed by atoms with van der Waals surface area (Å²) in [7, 11) is -2.02. The van der Waals surface area contributed by atoms with Crippen LogP contribution < -0.4 is 29.6 Å². The molecule has 15 heteroatoms. The number of carbonyl (C=O) groups excluding carboxylic acids is 1. The monoisotopic (exact) mass is 830 g/mol. The van der Waals surface area contributed by atoms with Crippen molar-refractivity contribution in [2.24, 2.45) is 0 Å². The van der Waals surface area contributed by atoms with Crippen molar-refractivity contribution in [3.05, 3.63) is 59.1 Å². The zero-order valence-corrected chi connectivity index (χ0v) is 39.1. The maximum Gasteiger partial charge on any atom is 1.00 e. The van der Waals surface area contributed by atoms with Gasteiger partial charge in [-0.1, -0.05) is 44.5 Å². The number of aromatic nitrogens is 4. The molecular weight excluding hydrogens is 782 g/mol. The number of halogens is 2. The molecule has 1 amide bonds. The van der Waals surface area contributed by atoms with E-state index in [0.29, 0.717) is 53.8 Å². The predicted octanol–water partition coefficient (Wildman–Crippen LogP) is 7.71. The fraction of sp³-hybridized carbons (Fsp3) is 0.475. The summed E-state index contributed by atoms with van der Waals surface area (Å²) in [6, 6.07) is 10.8. The molecule has 288 valence electrons. The van der Waals surface area contributed by atoms with Gasteiger partial charge >= 0.3 is 35.7 Å². The van der Waals surface area contributed by atoms with Crippen LogP contribution in [-0.4, -0.2) is 76.4 Å². The zero-order valence-electron chi connectivity index (χ0n) is 33.7. The smallest absolute Gasteiger partial charge is 0.796 e. The van der Waals surface area contributed by atoms with Crippen LogP contribution in [-0.2, 0) is 21.8 Å². The predicted molar refractivity (Wildman–Crippen MR) is 223 cm³/mol. The Morgan fingerprint density at radius 3 is 2.51 bits per heavy atom. The van der Waals surface area contributed by atoms with Crippen molar-refractivity contribution in [1.82, 2.24) is 24.6 Å². The summed E-state index contributed by atoms with van der Waals surface area (Å²) < 4.78 is 31.4. The Bertz CT molecular complexity index is 2230. The molecule has 1 aliphatic rings. The van der Waals surface area contributed by atoms with Crippen molar-refractivity contribution in [1.29, 1.82) is 5.26 Å². The summed E-state index contributed by atoms with van der Waals surface area (Å²) in [5.41, 5.74) is 1.02. The molecule has 4 heterocycles. The molecule has 3 aromatic heterocycles. The first-order valence-corrected chi connectivity index (χ1v) is 23.3. The van der Waals surface area contributed by atoms with Crippen molar-refractivity contribution in [2.45, 2.75) is 102 Å². The van der Waals surface area contributed by atoms with Gasteiger partial charge < -0.3 is 26.7 Å². The minimum Gasteiger partial charge on any atom is -0.796 e. The van der Waals surface area contributed by atoms with E-state index in [1.165, 1.54) is 11.8 Å². The van der Waals surface area contributed by atoms with Crippen LogP contribution in [0.5, 0.6) is 0 Å². The fourth-order valence-corrected chi connectivity index (χ4v) is 8.66. The number of carbonyl (C=O) groups is 1. The second kappa shape index (κ2) is 18.0. The van der Waals surface area contributed by atoms with Gasteiger partial charge in [0.2, 0.25) is 0 Å². The van der Waals surface area contributed by atoms with Gasteiger partial charge in [0, 0.05) is 36.2 Å². The Labute approximate surface area is 361 Å². The van der Waals surface area contributed by atoms with Gasteiger partial charge in [-0.2, -0.15) is 16.6 Å². The van der Waals surface area contributed by atoms with Crippen LogP contribution in [0.4, 0.5) is 9.18 Å². The summed E-state index contributed by atoms with van der Waals surface area (Å²) in [6.45, 7) is 17.7. The fourth-order valence-electron chi connectivity index (χ4n) is 6.76. The van der Waals surface area contributed by atoms with Crippen LogP contribution in [0.3, 0.4) is 0 Å². The van der Waals surface area contributed by atoms with Crippen LogP contribution in [0, 0.1) is 17.1 Å². The molecule has 0 spiro atoms. The summed E-state index contributed by atoms with van der Waals surface area (Å²) in [6.07, 6.45) is 8.41. The quantitative estimate of drug-likeness (QED) is 0.0927. The van der Waals surface area contributed by atoms with Gasteiger partial charge in [0.05, 0.1) is 51.1 Å². The maximum absolute atomic E-state index is 17.0. The first-order valence-electron chi connectivity index (χ1n) is 18.0. The molecule has 0 N–H and O–H groups in total. The molecule has 0 radical (unpaired) electrons. The number of fused-ring (bicyclic) bond motifs is 4. The van der Waals surface area contributed by atoms with E-state index >= 15 is 4.39 Å². The molecule has 0 unspecified atom stereocenters. The number of thioether (sulfide) groups is 1. The first-order chi connectivity index (χ1) is 25.5. The average molecular weight is 832 g/mol. The number of nitrogens with zero attached hydrogens (tertiary/aromatic N) is 6. The Morgan fingerprint density at radius 2 is 1.87 bits per heavy atom. The van der Waals surface area contributed by atoms with E-state index in [4.69, 9.17) is 30.8 Å². The van der Waals surface area contributed by atoms with Crippen LogP contribution in [0.1, 0.15) is 72.4 Å². The minimum atomic E-state index is -2.02. The van der Waals surface area contributed by atoms with Gasteiger partial charge in [0.1, 0.15) is 16.1 Å². The van der Waals surface area contributed by atoms with Crippen LogP contribution in [0.25, 0.3) is 43.8 Å². The van der Waals surface area contributed by atoms with Gasteiger partial charge in [0.25, 0.3) is 0 Å². The Balaban J connectivity index is 0.00000221. The number of nitriles is 1. The topological polar surface area (TPSA) is 106 Å². The Hall–Kier alpha value is -2.41. The van der Waals surface area contributed by atoms with Crippen LogP contribution in [0.2, 0.25) is 23.2 Å². The van der Waals surface area contributed by atoms with Gasteiger partial charge in [-0.25, -0.2) is 14.2 Å². The molecule has 6 rings (SSSR count). The number of pyridine rings is 2. The number of amides is 1. The van der Waals surface area contributed by atoms with E-state index in [1.54, 1.807) is 42.9 Å². The minimum absolute atomic E-state index is 0. The normalized spacial score (nSPS) is 16.4. The van der Waals surface area contributed by atoms with Gasteiger partial charge in [-0.3, -0.25) is 9.67 Å². The van der Waals surface area contributed by atoms with E-state index in [1.807, 2.05) is 42.7 Å². The van der Waals surface area contributed by atoms with E-state index in [9.17, 15) is 10.1 Å². The van der Waals surface area contributed by atoms with E-state index in [0.717, 1.165) is 16.3 Å². The van der Waals surface area contributed by atoms with Crippen molar-refractivity contribution in [2.75, 3.05) is 25.7 Å². The van der Waals surface area contributed by atoms with Gasteiger partial charge in [0.15, 0.2) is 14.1 Å². The number of rotatable bonds is 7. The third-order valence-electron chi connectivity index (χ3n) is 10.4. The number of hydrogen-bond acceptors (Lipinski definition) is 9. The molecule has 55 heavy (non-hydrogen) atoms. The Kier molecular flexibility index (Phi) is 14.8. The van der Waals surface area contributed by atoms with E-state index in [-0.39, 0.29) is 74.6 Å². The largest absolute Gasteiger partial charge is 1.00 e. The maximum atomic E-state index is 17.0. The summed E-state index contributed by atoms with van der Waals surface area (Å²) >= 11 is 12.5. The van der Waals surface area contributed by atoms with Crippen molar-refractivity contribution < 1.29 is 47.9 Å². The standard InChI is InChI=1S/C39H46ClFN6O3SSi.CH4S.Na/c1-38(2,3)50-37(48)46-17-14-26(19-25(46)15-18-49-52(8,9)39(4,5)6)47-35-27-20-29(40)31(32(41)33(27)45-36(51-7)28(35)22-44-47)34-30-23(13-16-43-34)11-10-12-24(30)21-42;1-2;/h10-13,16,20,22,25-26H,14-15,17-19H2,1-9H3;2H,1H3;/q;;+1/p-1/t25-,26+;;/m1../s1. The number of likely N-dealkylation sites (tertiary alicyclic amines) is 1. The van der Waals surface area contributed by atoms with Crippen LogP contribution in [0.15, 0.2) is 47.8 Å². The summed E-state index contributed by atoms with van der Waals surface area (Å²) in [4.78, 5) is 24.7.